The molecule has 13 heavy (non-hydrogen) atoms. The second kappa shape index (κ2) is 3.50. The van der Waals surface area contributed by atoms with E-state index in [9.17, 15) is 0 Å². The normalized spacial score (nSPS) is 21.0. The molecule has 2 heterocycles. The van der Waals surface area contributed by atoms with Gasteiger partial charge in [0.25, 0.3) is 0 Å². The van der Waals surface area contributed by atoms with Crippen LogP contribution in [0.4, 0.5) is 0 Å². The van der Waals surface area contributed by atoms with Crippen LogP contribution in [0.15, 0.2) is 12.3 Å². The van der Waals surface area contributed by atoms with Crippen LogP contribution >= 0.6 is 0 Å². The topological polar surface area (TPSA) is 30.4 Å². The summed E-state index contributed by atoms with van der Waals surface area (Å²) in [6, 6.07) is 2.09. The van der Waals surface area contributed by atoms with Crippen LogP contribution in [0, 0.1) is 5.92 Å². The quantitative estimate of drug-likeness (QED) is 0.657. The Hall–Kier alpha value is -0.830. The highest BCUT2D eigenvalue weighted by Crippen LogP contribution is 2.14. The van der Waals surface area contributed by atoms with E-state index in [0.717, 1.165) is 25.3 Å². The third-order valence-corrected chi connectivity index (χ3v) is 2.09. The van der Waals surface area contributed by atoms with Crippen LogP contribution in [-0.4, -0.2) is 22.5 Å². The standard InChI is InChI=1S/C10H16N2O/c1-8(2)6-12-4-3-9(11-12)5-10-7-13-10/h3-4,8,10H,5-7H2,1-2H3. The molecule has 0 spiro atoms. The van der Waals surface area contributed by atoms with Crippen molar-refractivity contribution in [1.82, 2.24) is 9.78 Å². The molecule has 1 atom stereocenters. The zero-order valence-corrected chi connectivity index (χ0v) is 8.23. The number of epoxide rings is 1. The van der Waals surface area contributed by atoms with Crippen LogP contribution in [0.5, 0.6) is 0 Å². The Kier molecular flexibility index (Phi) is 2.36. The van der Waals surface area contributed by atoms with Crippen molar-refractivity contribution in [3.8, 4) is 0 Å². The van der Waals surface area contributed by atoms with E-state index in [4.69, 9.17) is 4.74 Å². The summed E-state index contributed by atoms with van der Waals surface area (Å²) in [6.45, 7) is 6.32. The number of aromatic nitrogens is 2. The SMILES string of the molecule is CC(C)Cn1ccc(CC2CO2)n1. The highest BCUT2D eigenvalue weighted by Gasteiger charge is 2.23. The lowest BCUT2D eigenvalue weighted by Gasteiger charge is -2.03. The summed E-state index contributed by atoms with van der Waals surface area (Å²) in [5, 5.41) is 4.47. The summed E-state index contributed by atoms with van der Waals surface area (Å²) in [5.74, 6) is 0.657. The molecule has 72 valence electrons. The first-order valence-corrected chi connectivity index (χ1v) is 4.88. The first-order chi connectivity index (χ1) is 6.24. The first kappa shape index (κ1) is 8.75. The highest BCUT2D eigenvalue weighted by atomic mass is 16.6. The van der Waals surface area contributed by atoms with E-state index in [2.05, 4.69) is 31.2 Å². The molecule has 0 aliphatic carbocycles. The van der Waals surface area contributed by atoms with E-state index < -0.39 is 0 Å². The predicted octanol–water partition coefficient (Wildman–Crippen LogP) is 1.48. The number of hydrogen-bond donors (Lipinski definition) is 0. The maximum atomic E-state index is 5.15. The lowest BCUT2D eigenvalue weighted by atomic mass is 10.2. The lowest BCUT2D eigenvalue weighted by molar-refractivity contribution is 0.404. The van der Waals surface area contributed by atoms with Crippen molar-refractivity contribution in [1.29, 1.82) is 0 Å². The molecule has 0 amide bonds. The van der Waals surface area contributed by atoms with E-state index in [-0.39, 0.29) is 0 Å². The second-order valence-electron chi connectivity index (χ2n) is 4.08. The van der Waals surface area contributed by atoms with Gasteiger partial charge < -0.3 is 4.74 Å². The Morgan fingerprint density at radius 3 is 3.08 bits per heavy atom. The maximum absolute atomic E-state index is 5.15. The van der Waals surface area contributed by atoms with E-state index >= 15 is 0 Å². The Morgan fingerprint density at radius 1 is 1.69 bits per heavy atom. The van der Waals surface area contributed by atoms with E-state index in [1.54, 1.807) is 0 Å². The summed E-state index contributed by atoms with van der Waals surface area (Å²) < 4.78 is 7.17. The van der Waals surface area contributed by atoms with Crippen LogP contribution in [0.3, 0.4) is 0 Å². The van der Waals surface area contributed by atoms with Crippen molar-refractivity contribution < 1.29 is 4.74 Å². The molecule has 1 aliphatic heterocycles. The summed E-state index contributed by atoms with van der Waals surface area (Å²) >= 11 is 0. The molecule has 3 nitrogen and oxygen atoms in total. The fraction of sp³-hybridized carbons (Fsp3) is 0.700. The lowest BCUT2D eigenvalue weighted by Crippen LogP contribution is -2.05. The van der Waals surface area contributed by atoms with Gasteiger partial charge in [-0.2, -0.15) is 5.10 Å². The average Bonchev–Trinajstić information content (AvgIpc) is 2.73. The van der Waals surface area contributed by atoms with Crippen LogP contribution in [0.25, 0.3) is 0 Å². The molecule has 1 aromatic heterocycles. The van der Waals surface area contributed by atoms with Gasteiger partial charge in [0.1, 0.15) is 0 Å². The molecule has 0 bridgehead atoms. The molecule has 2 rings (SSSR count). The van der Waals surface area contributed by atoms with Gasteiger partial charge in [0.05, 0.1) is 18.4 Å². The van der Waals surface area contributed by atoms with Gasteiger partial charge >= 0.3 is 0 Å². The summed E-state index contributed by atoms with van der Waals surface area (Å²) in [4.78, 5) is 0. The average molecular weight is 180 g/mol. The minimum absolute atomic E-state index is 0.447. The Morgan fingerprint density at radius 2 is 2.46 bits per heavy atom. The largest absolute Gasteiger partial charge is 0.373 e. The smallest absolute Gasteiger partial charge is 0.0865 e. The van der Waals surface area contributed by atoms with E-state index in [0.29, 0.717) is 12.0 Å². The zero-order chi connectivity index (χ0) is 9.26. The highest BCUT2D eigenvalue weighted by molar-refractivity contribution is 5.02. The van der Waals surface area contributed by atoms with E-state index in [1.165, 1.54) is 0 Å². The third kappa shape index (κ3) is 2.56. The van der Waals surface area contributed by atoms with Crippen LogP contribution in [0.2, 0.25) is 0 Å². The molecular formula is C10H16N2O. The van der Waals surface area contributed by atoms with Gasteiger partial charge in [-0.15, -0.1) is 0 Å². The first-order valence-electron chi connectivity index (χ1n) is 4.88. The molecule has 1 aliphatic rings. The van der Waals surface area contributed by atoms with Gasteiger partial charge in [-0.3, -0.25) is 4.68 Å². The number of ether oxygens (including phenoxy) is 1. The van der Waals surface area contributed by atoms with Gasteiger partial charge in [-0.05, 0) is 12.0 Å². The van der Waals surface area contributed by atoms with Crippen molar-refractivity contribution in [2.24, 2.45) is 5.92 Å². The minimum Gasteiger partial charge on any atom is -0.373 e. The van der Waals surface area contributed by atoms with Crippen molar-refractivity contribution in [3.05, 3.63) is 18.0 Å². The molecule has 0 aromatic carbocycles. The summed E-state index contributed by atoms with van der Waals surface area (Å²) in [7, 11) is 0. The predicted molar refractivity (Wildman–Crippen MR) is 50.5 cm³/mol. The molecule has 3 heteroatoms. The summed E-state index contributed by atoms with van der Waals surface area (Å²) in [5.41, 5.74) is 1.16. The van der Waals surface area contributed by atoms with E-state index in [1.807, 2.05) is 4.68 Å². The Labute approximate surface area is 78.7 Å². The Balaban J connectivity index is 1.91. The molecule has 1 fully saturated rings. The van der Waals surface area contributed by atoms with Gasteiger partial charge in [-0.25, -0.2) is 0 Å². The molecule has 0 N–H and O–H groups in total. The van der Waals surface area contributed by atoms with Crippen molar-refractivity contribution in [3.63, 3.8) is 0 Å². The van der Waals surface area contributed by atoms with Crippen molar-refractivity contribution >= 4 is 0 Å². The molecule has 0 saturated carbocycles. The van der Waals surface area contributed by atoms with Crippen LogP contribution < -0.4 is 0 Å². The molecule has 1 saturated heterocycles. The van der Waals surface area contributed by atoms with Gasteiger partial charge in [0, 0.05) is 19.2 Å². The monoisotopic (exact) mass is 180 g/mol. The second-order valence-corrected chi connectivity index (χ2v) is 4.08. The fourth-order valence-electron chi connectivity index (χ4n) is 1.41. The minimum atomic E-state index is 0.447. The van der Waals surface area contributed by atoms with Gasteiger partial charge in [-0.1, -0.05) is 13.8 Å². The molecule has 1 aromatic rings. The Bertz CT molecular complexity index is 258. The van der Waals surface area contributed by atoms with Gasteiger partial charge in [0.15, 0.2) is 0 Å². The number of nitrogens with zero attached hydrogens (tertiary/aromatic N) is 2. The molecule has 0 radical (unpaired) electrons. The summed E-state index contributed by atoms with van der Waals surface area (Å²) in [6.07, 6.45) is 3.48. The maximum Gasteiger partial charge on any atom is 0.0865 e. The third-order valence-electron chi connectivity index (χ3n) is 2.09. The number of hydrogen-bond acceptors (Lipinski definition) is 2. The van der Waals surface area contributed by atoms with Crippen molar-refractivity contribution in [2.45, 2.75) is 32.9 Å². The zero-order valence-electron chi connectivity index (χ0n) is 8.23. The number of rotatable bonds is 4. The van der Waals surface area contributed by atoms with Crippen LogP contribution in [-0.2, 0) is 17.7 Å². The molecular weight excluding hydrogens is 164 g/mol. The van der Waals surface area contributed by atoms with Crippen molar-refractivity contribution in [2.75, 3.05) is 6.61 Å². The van der Waals surface area contributed by atoms with Gasteiger partial charge in [0.2, 0.25) is 0 Å². The van der Waals surface area contributed by atoms with Crippen LogP contribution in [0.1, 0.15) is 19.5 Å². The fourth-order valence-corrected chi connectivity index (χ4v) is 1.41. The molecule has 1 unspecified atom stereocenters.